The molecule has 2 aliphatic rings. The number of piperidine rings is 1. The summed E-state index contributed by atoms with van der Waals surface area (Å²) in [6.07, 6.45) is 5.54. The van der Waals surface area contributed by atoms with Crippen LogP contribution in [0.25, 0.3) is 0 Å². The monoisotopic (exact) mass is 346 g/mol. The van der Waals surface area contributed by atoms with Crippen molar-refractivity contribution in [3.05, 3.63) is 30.1 Å². The molecule has 138 valence electrons. The second-order valence-electron chi connectivity index (χ2n) is 7.70. The van der Waals surface area contributed by atoms with E-state index in [9.17, 15) is 4.79 Å². The van der Waals surface area contributed by atoms with Gasteiger partial charge in [0.15, 0.2) is 0 Å². The summed E-state index contributed by atoms with van der Waals surface area (Å²) in [4.78, 5) is 23.6. The van der Waals surface area contributed by atoms with Crippen LogP contribution in [-0.4, -0.2) is 92.2 Å². The van der Waals surface area contributed by atoms with Crippen molar-refractivity contribution in [2.75, 3.05) is 66.6 Å². The summed E-state index contributed by atoms with van der Waals surface area (Å²) in [5.74, 6) is 0.116. The Balaban J connectivity index is 1.68. The van der Waals surface area contributed by atoms with Crippen molar-refractivity contribution >= 4 is 5.91 Å². The maximum Gasteiger partial charge on any atom is 0.253 e. The Labute approximate surface area is 150 Å². The number of ether oxygens (including phenoxy) is 1. The van der Waals surface area contributed by atoms with Crippen molar-refractivity contribution in [2.45, 2.75) is 12.8 Å². The van der Waals surface area contributed by atoms with Gasteiger partial charge in [-0.05, 0) is 39.1 Å². The van der Waals surface area contributed by atoms with E-state index in [0.717, 1.165) is 70.9 Å². The second kappa shape index (κ2) is 8.25. The topological polar surface area (TPSA) is 48.9 Å². The number of rotatable bonds is 4. The molecule has 3 heterocycles. The predicted octanol–water partition coefficient (Wildman–Crippen LogP) is 1.20. The number of hydrogen-bond donors (Lipinski definition) is 0. The Morgan fingerprint density at radius 1 is 1.28 bits per heavy atom. The Morgan fingerprint density at radius 3 is 2.84 bits per heavy atom. The van der Waals surface area contributed by atoms with Crippen molar-refractivity contribution < 1.29 is 9.53 Å². The molecule has 1 amide bonds. The number of amides is 1. The lowest BCUT2D eigenvalue weighted by Crippen LogP contribution is -2.52. The highest BCUT2D eigenvalue weighted by molar-refractivity contribution is 5.94. The first kappa shape index (κ1) is 18.3. The predicted molar refractivity (Wildman–Crippen MR) is 97.6 cm³/mol. The SMILES string of the molecule is CN(C)CCN1CCOC[C@]2(CCCN(C(=O)c3ccncc3)C2)C1. The Hall–Kier alpha value is -1.50. The van der Waals surface area contributed by atoms with Crippen LogP contribution in [0.15, 0.2) is 24.5 Å². The van der Waals surface area contributed by atoms with Crippen molar-refractivity contribution in [2.24, 2.45) is 5.41 Å². The average molecular weight is 346 g/mol. The quantitative estimate of drug-likeness (QED) is 0.820. The fraction of sp³-hybridized carbons (Fsp3) is 0.684. The third-order valence-corrected chi connectivity index (χ3v) is 5.26. The van der Waals surface area contributed by atoms with Crippen LogP contribution in [0, 0.1) is 5.41 Å². The lowest BCUT2D eigenvalue weighted by atomic mass is 9.80. The molecule has 2 fully saturated rings. The number of nitrogens with zero attached hydrogens (tertiary/aromatic N) is 4. The zero-order valence-corrected chi connectivity index (χ0v) is 15.5. The van der Waals surface area contributed by atoms with Crippen LogP contribution in [0.1, 0.15) is 23.2 Å². The molecule has 6 nitrogen and oxygen atoms in total. The van der Waals surface area contributed by atoms with Crippen molar-refractivity contribution in [1.82, 2.24) is 19.7 Å². The highest BCUT2D eigenvalue weighted by atomic mass is 16.5. The Kier molecular flexibility index (Phi) is 6.04. The molecule has 0 N–H and O–H groups in total. The normalized spacial score (nSPS) is 25.3. The highest BCUT2D eigenvalue weighted by Gasteiger charge is 2.40. The number of carbonyl (C=O) groups excluding carboxylic acids is 1. The van der Waals surface area contributed by atoms with E-state index in [4.69, 9.17) is 4.74 Å². The summed E-state index contributed by atoms with van der Waals surface area (Å²) < 4.78 is 5.96. The fourth-order valence-electron chi connectivity index (χ4n) is 3.92. The molecule has 1 aromatic heterocycles. The maximum absolute atomic E-state index is 12.8. The van der Waals surface area contributed by atoms with Gasteiger partial charge in [-0.2, -0.15) is 0 Å². The first-order valence-corrected chi connectivity index (χ1v) is 9.22. The molecule has 25 heavy (non-hydrogen) atoms. The van der Waals surface area contributed by atoms with Crippen LogP contribution >= 0.6 is 0 Å². The Bertz CT molecular complexity index is 566. The third kappa shape index (κ3) is 4.77. The van der Waals surface area contributed by atoms with Gasteiger partial charge < -0.3 is 14.5 Å². The molecule has 2 aliphatic heterocycles. The molecule has 0 aromatic carbocycles. The van der Waals surface area contributed by atoms with Crippen LogP contribution < -0.4 is 0 Å². The van der Waals surface area contributed by atoms with Gasteiger partial charge in [0.05, 0.1) is 13.2 Å². The minimum absolute atomic E-state index is 0.0593. The number of carbonyl (C=O) groups is 1. The highest BCUT2D eigenvalue weighted by Crippen LogP contribution is 2.33. The van der Waals surface area contributed by atoms with Gasteiger partial charge in [-0.25, -0.2) is 0 Å². The molecule has 1 spiro atoms. The van der Waals surface area contributed by atoms with Crippen LogP contribution in [0.5, 0.6) is 0 Å². The number of hydrogen-bond acceptors (Lipinski definition) is 5. The van der Waals surface area contributed by atoms with Crippen molar-refractivity contribution in [3.8, 4) is 0 Å². The van der Waals surface area contributed by atoms with Crippen LogP contribution in [0.3, 0.4) is 0 Å². The lowest BCUT2D eigenvalue weighted by molar-refractivity contribution is 0.00716. The van der Waals surface area contributed by atoms with Gasteiger partial charge in [-0.15, -0.1) is 0 Å². The average Bonchev–Trinajstić information content (AvgIpc) is 2.82. The summed E-state index contributed by atoms with van der Waals surface area (Å²) in [5, 5.41) is 0. The molecular formula is C19H30N4O2. The molecule has 0 aliphatic carbocycles. The first-order valence-electron chi connectivity index (χ1n) is 9.22. The summed E-state index contributed by atoms with van der Waals surface area (Å²) >= 11 is 0. The minimum Gasteiger partial charge on any atom is -0.379 e. The first-order chi connectivity index (χ1) is 12.1. The molecular weight excluding hydrogens is 316 g/mol. The summed E-state index contributed by atoms with van der Waals surface area (Å²) in [6, 6.07) is 3.60. The Morgan fingerprint density at radius 2 is 2.08 bits per heavy atom. The second-order valence-corrected chi connectivity index (χ2v) is 7.70. The van der Waals surface area contributed by atoms with Crippen LogP contribution in [0.2, 0.25) is 0 Å². The molecule has 1 atom stereocenters. The van der Waals surface area contributed by atoms with Gasteiger partial charge in [-0.1, -0.05) is 0 Å². The van der Waals surface area contributed by atoms with Gasteiger partial charge in [0.2, 0.25) is 0 Å². The number of pyridine rings is 1. The standard InChI is InChI=1S/C19H30N4O2/c1-21(2)10-11-22-12-13-25-16-19(14-22)6-3-9-23(15-19)18(24)17-4-7-20-8-5-17/h4-5,7-8H,3,6,9-16H2,1-2H3/t19-/m1/s1. The lowest BCUT2D eigenvalue weighted by Gasteiger charge is -2.43. The zero-order valence-electron chi connectivity index (χ0n) is 15.5. The molecule has 0 unspecified atom stereocenters. The number of aromatic nitrogens is 1. The molecule has 2 saturated heterocycles. The smallest absolute Gasteiger partial charge is 0.253 e. The van der Waals surface area contributed by atoms with Gasteiger partial charge in [0.25, 0.3) is 5.91 Å². The molecule has 3 rings (SSSR count). The minimum atomic E-state index is 0.0593. The number of likely N-dealkylation sites (tertiary alicyclic amines) is 1. The zero-order chi connectivity index (χ0) is 17.7. The molecule has 0 bridgehead atoms. The summed E-state index contributed by atoms with van der Waals surface area (Å²) in [5.41, 5.74) is 0.787. The van der Waals surface area contributed by atoms with Crippen molar-refractivity contribution in [3.63, 3.8) is 0 Å². The van der Waals surface area contributed by atoms with Gasteiger partial charge >= 0.3 is 0 Å². The van der Waals surface area contributed by atoms with E-state index in [2.05, 4.69) is 28.9 Å². The summed E-state index contributed by atoms with van der Waals surface area (Å²) in [6.45, 7) is 7.26. The molecule has 0 radical (unpaired) electrons. The van der Waals surface area contributed by atoms with Gasteiger partial charge in [0, 0.05) is 62.6 Å². The summed E-state index contributed by atoms with van der Waals surface area (Å²) in [7, 11) is 4.22. The van der Waals surface area contributed by atoms with E-state index < -0.39 is 0 Å². The van der Waals surface area contributed by atoms with E-state index in [1.54, 1.807) is 24.5 Å². The van der Waals surface area contributed by atoms with E-state index in [0.29, 0.717) is 0 Å². The van der Waals surface area contributed by atoms with Gasteiger partial charge in [-0.3, -0.25) is 14.7 Å². The third-order valence-electron chi connectivity index (χ3n) is 5.26. The van der Waals surface area contributed by atoms with E-state index in [-0.39, 0.29) is 11.3 Å². The number of likely N-dealkylation sites (N-methyl/N-ethyl adjacent to an activating group) is 1. The van der Waals surface area contributed by atoms with Crippen LogP contribution in [-0.2, 0) is 4.74 Å². The molecule has 1 aromatic rings. The van der Waals surface area contributed by atoms with Crippen molar-refractivity contribution in [1.29, 1.82) is 0 Å². The van der Waals surface area contributed by atoms with E-state index >= 15 is 0 Å². The largest absolute Gasteiger partial charge is 0.379 e. The molecule has 0 saturated carbocycles. The fourth-order valence-corrected chi connectivity index (χ4v) is 3.92. The van der Waals surface area contributed by atoms with Gasteiger partial charge in [0.1, 0.15) is 0 Å². The maximum atomic E-state index is 12.8. The van der Waals surface area contributed by atoms with E-state index in [1.165, 1.54) is 0 Å². The van der Waals surface area contributed by atoms with E-state index in [1.807, 2.05) is 4.90 Å². The van der Waals surface area contributed by atoms with Crippen LogP contribution in [0.4, 0.5) is 0 Å². The molecule has 6 heteroatoms.